The summed E-state index contributed by atoms with van der Waals surface area (Å²) in [6, 6.07) is 9.84. The maximum Gasteiger partial charge on any atom is 0.242 e. The Kier molecular flexibility index (Phi) is 7.03. The molecule has 1 aromatic carbocycles. The fraction of sp³-hybridized carbons (Fsp3) is 0.520. The zero-order chi connectivity index (χ0) is 22.7. The van der Waals surface area contributed by atoms with E-state index >= 15 is 0 Å². The summed E-state index contributed by atoms with van der Waals surface area (Å²) in [5.41, 5.74) is 3.29. The Morgan fingerprint density at radius 1 is 1.31 bits per heavy atom. The lowest BCUT2D eigenvalue weighted by molar-refractivity contribution is -0.133. The second-order valence-electron chi connectivity index (χ2n) is 9.72. The topological polar surface area (TPSA) is 68.7 Å². The average molecular weight is 457 g/mol. The van der Waals surface area contributed by atoms with E-state index in [2.05, 4.69) is 33.4 Å². The number of hydrogen-bond donors (Lipinski definition) is 2. The molecule has 4 rings (SSSR count). The molecule has 2 N–H and O–H groups in total. The number of anilines is 1. The molecule has 0 radical (unpaired) electrons. The molecule has 7 heteroatoms. The van der Waals surface area contributed by atoms with Crippen LogP contribution < -0.4 is 5.32 Å². The van der Waals surface area contributed by atoms with Crippen molar-refractivity contribution in [2.24, 2.45) is 5.92 Å². The van der Waals surface area contributed by atoms with Crippen molar-refractivity contribution in [2.45, 2.75) is 51.8 Å². The van der Waals surface area contributed by atoms with E-state index < -0.39 is 5.60 Å². The van der Waals surface area contributed by atoms with Crippen molar-refractivity contribution in [1.82, 2.24) is 14.8 Å². The number of carbonyl (C=O) groups excluding carboxylic acids is 1. The van der Waals surface area contributed by atoms with Gasteiger partial charge in [0.05, 0.1) is 29.4 Å². The highest BCUT2D eigenvalue weighted by atomic mass is 35.5. The maximum absolute atomic E-state index is 13.2. The summed E-state index contributed by atoms with van der Waals surface area (Å²) in [7, 11) is 0. The Balaban J connectivity index is 1.44. The molecular formula is C25H33ClN4O2. The number of fused-ring (bicyclic) bond motifs is 1. The van der Waals surface area contributed by atoms with Crippen molar-refractivity contribution in [2.75, 3.05) is 31.5 Å². The van der Waals surface area contributed by atoms with Crippen LogP contribution in [0.5, 0.6) is 0 Å². The number of carbonyl (C=O) groups is 1. The van der Waals surface area contributed by atoms with E-state index in [-0.39, 0.29) is 25.5 Å². The molecule has 0 bridgehead atoms. The zero-order valence-corrected chi connectivity index (χ0v) is 19.7. The predicted octanol–water partition coefficient (Wildman–Crippen LogP) is 3.71. The summed E-state index contributed by atoms with van der Waals surface area (Å²) in [6.07, 6.45) is 5.43. The first-order valence-electron chi connectivity index (χ1n) is 11.4. The van der Waals surface area contributed by atoms with Gasteiger partial charge in [-0.2, -0.15) is 0 Å². The minimum atomic E-state index is -1.02. The van der Waals surface area contributed by atoms with Gasteiger partial charge in [-0.1, -0.05) is 23.7 Å². The molecule has 1 aliphatic carbocycles. The van der Waals surface area contributed by atoms with Gasteiger partial charge in [0.1, 0.15) is 0 Å². The summed E-state index contributed by atoms with van der Waals surface area (Å²) in [6.45, 7) is 7.22. The maximum atomic E-state index is 13.2. The van der Waals surface area contributed by atoms with E-state index in [1.165, 1.54) is 30.5 Å². The summed E-state index contributed by atoms with van der Waals surface area (Å²) >= 11 is 6.27. The highest BCUT2D eigenvalue weighted by Crippen LogP contribution is 2.33. The Bertz CT molecular complexity index is 955. The Morgan fingerprint density at radius 3 is 2.84 bits per heavy atom. The van der Waals surface area contributed by atoms with Gasteiger partial charge in [0.15, 0.2) is 0 Å². The number of hydrogen-bond acceptors (Lipinski definition) is 5. The van der Waals surface area contributed by atoms with Crippen molar-refractivity contribution < 1.29 is 9.90 Å². The minimum Gasteiger partial charge on any atom is -0.389 e. The molecule has 1 fully saturated rings. The van der Waals surface area contributed by atoms with E-state index in [1.54, 1.807) is 37.1 Å². The quantitative estimate of drug-likeness (QED) is 0.602. The molecule has 0 saturated heterocycles. The second-order valence-corrected chi connectivity index (χ2v) is 10.1. The number of aliphatic hydroxyl groups is 1. The van der Waals surface area contributed by atoms with E-state index in [0.717, 1.165) is 31.1 Å². The summed E-state index contributed by atoms with van der Waals surface area (Å²) in [5, 5.41) is 14.3. The van der Waals surface area contributed by atoms with Gasteiger partial charge >= 0.3 is 0 Å². The monoisotopic (exact) mass is 456 g/mol. The van der Waals surface area contributed by atoms with Crippen LogP contribution in [-0.4, -0.2) is 57.6 Å². The van der Waals surface area contributed by atoms with Gasteiger partial charge in [0, 0.05) is 38.1 Å². The average Bonchev–Trinajstić information content (AvgIpc) is 3.56. The molecule has 2 aromatic rings. The van der Waals surface area contributed by atoms with Crippen LogP contribution in [0.25, 0.3) is 0 Å². The van der Waals surface area contributed by atoms with Gasteiger partial charge in [-0.15, -0.1) is 0 Å². The number of rotatable bonds is 9. The molecule has 1 aliphatic heterocycles. The summed E-state index contributed by atoms with van der Waals surface area (Å²) in [4.78, 5) is 21.6. The molecule has 172 valence electrons. The standard InChI is InChI=1S/C25H33ClN4O2/c1-25(2,32)17-30(16-23-21(26)6-4-11-27-23)24(31)13-28-22-7-3-5-19-10-12-29(15-20(19)22)14-18-8-9-18/h3-7,11,18,28,32H,8-10,12-17H2,1-2H3. The SMILES string of the molecule is CC(C)(O)CN(Cc1ncccc1Cl)C(=O)CNc1cccc2c1CN(CC1CC1)CC2. The molecule has 2 heterocycles. The first kappa shape index (κ1) is 23.0. The van der Waals surface area contributed by atoms with Crippen LogP contribution in [0.2, 0.25) is 5.02 Å². The number of aromatic nitrogens is 1. The number of halogens is 1. The molecule has 0 spiro atoms. The third-order valence-electron chi connectivity index (χ3n) is 6.10. The lowest BCUT2D eigenvalue weighted by atomic mass is 9.97. The number of nitrogens with zero attached hydrogens (tertiary/aromatic N) is 3. The van der Waals surface area contributed by atoms with Gasteiger partial charge in [0.2, 0.25) is 5.91 Å². The molecule has 0 unspecified atom stereocenters. The lowest BCUT2D eigenvalue weighted by Crippen LogP contribution is -2.44. The molecule has 6 nitrogen and oxygen atoms in total. The van der Waals surface area contributed by atoms with Gasteiger partial charge in [0.25, 0.3) is 0 Å². The summed E-state index contributed by atoms with van der Waals surface area (Å²) in [5.74, 6) is 0.768. The van der Waals surface area contributed by atoms with E-state index in [9.17, 15) is 9.90 Å². The Labute approximate surface area is 195 Å². The fourth-order valence-electron chi connectivity index (χ4n) is 4.32. The predicted molar refractivity (Wildman–Crippen MR) is 128 cm³/mol. The number of nitrogens with one attached hydrogen (secondary N) is 1. The summed E-state index contributed by atoms with van der Waals surface area (Å²) < 4.78 is 0. The highest BCUT2D eigenvalue weighted by Gasteiger charge is 2.28. The van der Waals surface area contributed by atoms with Crippen LogP contribution in [-0.2, 0) is 24.3 Å². The highest BCUT2D eigenvalue weighted by molar-refractivity contribution is 6.31. The van der Waals surface area contributed by atoms with Crippen LogP contribution in [0.1, 0.15) is 43.5 Å². The Hall–Kier alpha value is -2.15. The third-order valence-corrected chi connectivity index (χ3v) is 6.45. The van der Waals surface area contributed by atoms with Crippen LogP contribution in [0.4, 0.5) is 5.69 Å². The van der Waals surface area contributed by atoms with Crippen molar-refractivity contribution in [3.8, 4) is 0 Å². The Morgan fingerprint density at radius 2 is 2.12 bits per heavy atom. The lowest BCUT2D eigenvalue weighted by Gasteiger charge is -2.31. The zero-order valence-electron chi connectivity index (χ0n) is 19.0. The first-order chi connectivity index (χ1) is 15.3. The fourth-order valence-corrected chi connectivity index (χ4v) is 4.50. The molecule has 1 amide bonds. The molecule has 1 aromatic heterocycles. The second kappa shape index (κ2) is 9.77. The largest absolute Gasteiger partial charge is 0.389 e. The van der Waals surface area contributed by atoms with Crippen LogP contribution in [0, 0.1) is 5.92 Å². The molecule has 1 saturated carbocycles. The minimum absolute atomic E-state index is 0.0999. The van der Waals surface area contributed by atoms with E-state index in [1.807, 2.05) is 0 Å². The van der Waals surface area contributed by atoms with Gasteiger partial charge < -0.3 is 15.3 Å². The normalized spacial score (nSPS) is 16.5. The first-order valence-corrected chi connectivity index (χ1v) is 11.8. The number of amides is 1. The van der Waals surface area contributed by atoms with Gasteiger partial charge in [-0.3, -0.25) is 14.7 Å². The molecule has 0 atom stereocenters. The van der Waals surface area contributed by atoms with Crippen molar-refractivity contribution in [3.05, 3.63) is 58.4 Å². The van der Waals surface area contributed by atoms with Gasteiger partial charge in [-0.05, 0) is 68.4 Å². The smallest absolute Gasteiger partial charge is 0.242 e. The van der Waals surface area contributed by atoms with Crippen molar-refractivity contribution in [1.29, 1.82) is 0 Å². The third kappa shape index (κ3) is 6.21. The molecule has 32 heavy (non-hydrogen) atoms. The van der Waals surface area contributed by atoms with Crippen molar-refractivity contribution >= 4 is 23.2 Å². The number of pyridine rings is 1. The van der Waals surface area contributed by atoms with Crippen LogP contribution >= 0.6 is 11.6 Å². The number of benzene rings is 1. The molecule has 2 aliphatic rings. The van der Waals surface area contributed by atoms with E-state index in [0.29, 0.717) is 10.7 Å². The van der Waals surface area contributed by atoms with Crippen LogP contribution in [0.15, 0.2) is 36.5 Å². The van der Waals surface area contributed by atoms with Gasteiger partial charge in [-0.25, -0.2) is 0 Å². The van der Waals surface area contributed by atoms with Crippen molar-refractivity contribution in [3.63, 3.8) is 0 Å². The molecular weight excluding hydrogens is 424 g/mol. The van der Waals surface area contributed by atoms with E-state index in [4.69, 9.17) is 11.6 Å². The van der Waals surface area contributed by atoms with Crippen LogP contribution in [0.3, 0.4) is 0 Å².